The molecule has 4 rings (SSSR count). The normalized spacial score (nSPS) is 14.7. The molecule has 3 aromatic rings. The van der Waals surface area contributed by atoms with Gasteiger partial charge in [-0.1, -0.05) is 36.8 Å². The van der Waals surface area contributed by atoms with E-state index >= 15 is 8.78 Å². The molecule has 4 N–H and O–H groups in total. The van der Waals surface area contributed by atoms with Crippen molar-refractivity contribution in [1.29, 1.82) is 5.26 Å². The van der Waals surface area contributed by atoms with Crippen LogP contribution in [0.15, 0.2) is 72.9 Å². The molecule has 0 spiro atoms. The van der Waals surface area contributed by atoms with E-state index in [1.807, 2.05) is 6.07 Å². The Hall–Kier alpha value is -5.92. The number of carbonyl (C=O) groups is 5. The minimum absolute atomic E-state index is 0.0439. The molecule has 1 saturated carbocycles. The van der Waals surface area contributed by atoms with E-state index in [1.165, 1.54) is 55.8 Å². The molecule has 0 bridgehead atoms. The fourth-order valence-corrected chi connectivity index (χ4v) is 5.29. The molecule has 0 radical (unpaired) electrons. The van der Waals surface area contributed by atoms with Crippen LogP contribution in [0.4, 0.5) is 22.0 Å². The van der Waals surface area contributed by atoms with Crippen LogP contribution in [-0.2, 0) is 25.6 Å². The second kappa shape index (κ2) is 16.9. The topological polar surface area (TPSA) is 179 Å². The van der Waals surface area contributed by atoms with Gasteiger partial charge in [-0.05, 0) is 66.3 Å². The van der Waals surface area contributed by atoms with Crippen molar-refractivity contribution in [2.75, 3.05) is 13.7 Å². The summed E-state index contributed by atoms with van der Waals surface area (Å²) in [5.41, 5.74) is 0.756. The van der Waals surface area contributed by atoms with Gasteiger partial charge in [-0.25, -0.2) is 0 Å². The maximum absolute atomic E-state index is 15.0. The van der Waals surface area contributed by atoms with Crippen LogP contribution in [0.1, 0.15) is 52.5 Å². The number of alkyl halides is 5. The number of methoxy groups -OCH3 is 1. The summed E-state index contributed by atoms with van der Waals surface area (Å²) in [5.74, 6) is -13.0. The van der Waals surface area contributed by atoms with Gasteiger partial charge in [0.15, 0.2) is 0 Å². The highest BCUT2D eigenvalue weighted by Gasteiger charge is 2.53. The number of carbonyl (C=O) groups excluding carboxylic acids is 5. The Kier molecular flexibility index (Phi) is 12.6. The van der Waals surface area contributed by atoms with Crippen molar-refractivity contribution in [2.24, 2.45) is 5.92 Å². The van der Waals surface area contributed by atoms with E-state index in [-0.39, 0.29) is 36.1 Å². The van der Waals surface area contributed by atoms with Gasteiger partial charge < -0.3 is 26.0 Å². The average Bonchev–Trinajstić information content (AvgIpc) is 3.11. The average molecular weight is 729 g/mol. The zero-order chi connectivity index (χ0) is 38.1. The number of nitrogens with one attached hydrogen (secondary N) is 4. The van der Waals surface area contributed by atoms with E-state index in [1.54, 1.807) is 24.3 Å². The number of pyridine rings is 1. The lowest BCUT2D eigenvalue weighted by Crippen LogP contribution is -2.60. The predicted octanol–water partition coefficient (Wildman–Crippen LogP) is 3.33. The number of hydrogen-bond donors (Lipinski definition) is 4. The first-order chi connectivity index (χ1) is 24.6. The Morgan fingerprint density at radius 2 is 1.63 bits per heavy atom. The molecule has 12 nitrogen and oxygen atoms in total. The molecule has 1 aliphatic carbocycles. The zero-order valence-electron chi connectivity index (χ0n) is 27.5. The van der Waals surface area contributed by atoms with Crippen LogP contribution in [0.25, 0.3) is 0 Å². The lowest BCUT2D eigenvalue weighted by molar-refractivity contribution is -0.166. The zero-order valence-corrected chi connectivity index (χ0v) is 27.5. The molecular formula is C35H33F5N6O6. The third-order valence-corrected chi connectivity index (χ3v) is 8.26. The number of halogens is 5. The van der Waals surface area contributed by atoms with Crippen LogP contribution in [0.3, 0.4) is 0 Å². The number of Topliss-reactive ketones (excluding diaryl/α,β-unsaturated/α-hetero) is 1. The van der Waals surface area contributed by atoms with E-state index in [4.69, 9.17) is 4.74 Å². The smallest absolute Gasteiger partial charge is 0.405 e. The van der Waals surface area contributed by atoms with E-state index in [0.29, 0.717) is 17.7 Å². The number of nitriles is 1. The van der Waals surface area contributed by atoms with Crippen molar-refractivity contribution >= 4 is 29.4 Å². The Balaban J connectivity index is 1.65. The highest BCUT2D eigenvalue weighted by molar-refractivity contribution is 6.11. The van der Waals surface area contributed by atoms with Crippen molar-refractivity contribution in [3.63, 3.8) is 0 Å². The van der Waals surface area contributed by atoms with E-state index in [0.717, 1.165) is 5.32 Å². The molecule has 3 atom stereocenters. The van der Waals surface area contributed by atoms with Crippen LogP contribution in [0, 0.1) is 17.2 Å². The van der Waals surface area contributed by atoms with E-state index < -0.39 is 72.1 Å². The van der Waals surface area contributed by atoms with Crippen molar-refractivity contribution < 1.29 is 50.7 Å². The van der Waals surface area contributed by atoms with Crippen molar-refractivity contribution in [3.8, 4) is 11.8 Å². The summed E-state index contributed by atoms with van der Waals surface area (Å²) >= 11 is 0. The lowest BCUT2D eigenvalue weighted by Gasteiger charge is -2.35. The molecule has 1 heterocycles. The summed E-state index contributed by atoms with van der Waals surface area (Å²) in [7, 11) is 1.37. The standard InChI is InChI=1S/C35H33F5N6O6/c1-52-24-13-11-23(12-14-24)28(32(50)45-27(22-8-5-9-22)29(47)35(39,40)33(51)43-19-34(36,37)38)46-31(49)26(17-20-6-4-7-21(16-20)18-41)44-30(48)25-10-2-3-15-42-25/h2-4,6-7,10-16,22,26-28H,5,8-9,17,19H2,1H3,(H,43,51)(H,44,48)(H,45,50)(H,46,49)/t26-,27-,28-/m0/s1. The van der Waals surface area contributed by atoms with Gasteiger partial charge >= 0.3 is 12.1 Å². The maximum Gasteiger partial charge on any atom is 0.405 e. The van der Waals surface area contributed by atoms with Crippen LogP contribution in [-0.4, -0.2) is 72.2 Å². The Bertz CT molecular complexity index is 1810. The van der Waals surface area contributed by atoms with Gasteiger partial charge in [-0.15, -0.1) is 0 Å². The van der Waals surface area contributed by atoms with Gasteiger partial charge in [0, 0.05) is 12.6 Å². The SMILES string of the molecule is COc1ccc([C@H](NC(=O)[C@H](Cc2cccc(C#N)c2)NC(=O)c2ccccn2)C(=O)N[C@H](C(=O)C(F)(F)C(=O)NCC(F)(F)F)C2CCC2)cc1. The van der Waals surface area contributed by atoms with Crippen LogP contribution in [0.5, 0.6) is 5.75 Å². The first kappa shape index (κ1) is 38.9. The number of aromatic nitrogens is 1. The third-order valence-electron chi connectivity index (χ3n) is 8.26. The van der Waals surface area contributed by atoms with Gasteiger partial charge in [-0.3, -0.25) is 29.0 Å². The molecule has 0 aliphatic heterocycles. The van der Waals surface area contributed by atoms with Crippen LogP contribution in [0.2, 0.25) is 0 Å². The summed E-state index contributed by atoms with van der Waals surface area (Å²) in [4.78, 5) is 70.1. The summed E-state index contributed by atoms with van der Waals surface area (Å²) in [6, 6.07) is 13.2. The van der Waals surface area contributed by atoms with Crippen molar-refractivity contribution in [3.05, 3.63) is 95.3 Å². The maximum atomic E-state index is 15.0. The van der Waals surface area contributed by atoms with Gasteiger partial charge in [0.05, 0.1) is 24.8 Å². The van der Waals surface area contributed by atoms with E-state index in [9.17, 15) is 42.4 Å². The Morgan fingerprint density at radius 1 is 0.923 bits per heavy atom. The molecule has 17 heteroatoms. The molecule has 274 valence electrons. The largest absolute Gasteiger partial charge is 0.497 e. The minimum Gasteiger partial charge on any atom is -0.497 e. The summed E-state index contributed by atoms with van der Waals surface area (Å²) in [6.45, 7) is -2.11. The van der Waals surface area contributed by atoms with Gasteiger partial charge in [0.2, 0.25) is 17.6 Å². The second-order valence-electron chi connectivity index (χ2n) is 11.9. The number of rotatable bonds is 15. The number of benzene rings is 2. The quantitative estimate of drug-likeness (QED) is 0.136. The lowest BCUT2D eigenvalue weighted by atomic mass is 9.77. The summed E-state index contributed by atoms with van der Waals surface area (Å²) < 4.78 is 73.0. The van der Waals surface area contributed by atoms with Crippen molar-refractivity contribution in [1.82, 2.24) is 26.3 Å². The number of hydrogen-bond acceptors (Lipinski definition) is 8. The minimum atomic E-state index is -5.03. The number of amides is 4. The molecule has 0 saturated heterocycles. The summed E-state index contributed by atoms with van der Waals surface area (Å²) in [6.07, 6.45) is -3.01. The summed E-state index contributed by atoms with van der Waals surface area (Å²) in [5, 5.41) is 17.6. The molecule has 52 heavy (non-hydrogen) atoms. The fourth-order valence-electron chi connectivity index (χ4n) is 5.29. The highest BCUT2D eigenvalue weighted by Crippen LogP contribution is 2.34. The Labute approximate surface area is 294 Å². The first-order valence-corrected chi connectivity index (χ1v) is 15.9. The van der Waals surface area contributed by atoms with Gasteiger partial charge in [0.25, 0.3) is 11.8 Å². The molecule has 1 fully saturated rings. The molecule has 1 aliphatic rings. The van der Waals surface area contributed by atoms with Gasteiger partial charge in [-0.2, -0.15) is 27.2 Å². The second-order valence-corrected chi connectivity index (χ2v) is 11.9. The predicted molar refractivity (Wildman–Crippen MR) is 173 cm³/mol. The molecular weight excluding hydrogens is 695 g/mol. The third kappa shape index (κ3) is 10.1. The molecule has 2 aromatic carbocycles. The molecule has 1 aromatic heterocycles. The monoisotopic (exact) mass is 728 g/mol. The fraction of sp³-hybridized carbons (Fsp3) is 0.343. The Morgan fingerprint density at radius 3 is 2.21 bits per heavy atom. The number of ketones is 1. The molecule has 4 amide bonds. The van der Waals surface area contributed by atoms with Crippen molar-refractivity contribution in [2.45, 2.75) is 55.9 Å². The highest BCUT2D eigenvalue weighted by atomic mass is 19.4. The van der Waals surface area contributed by atoms with Gasteiger partial charge in [0.1, 0.15) is 30.1 Å². The van der Waals surface area contributed by atoms with Crippen LogP contribution < -0.4 is 26.0 Å². The molecule has 0 unspecified atom stereocenters. The van der Waals surface area contributed by atoms with E-state index in [2.05, 4.69) is 20.9 Å². The number of nitrogens with zero attached hydrogens (tertiary/aromatic N) is 2. The van der Waals surface area contributed by atoms with Crippen LogP contribution >= 0.6 is 0 Å². The number of ether oxygens (including phenoxy) is 1. The first-order valence-electron chi connectivity index (χ1n) is 15.9.